The summed E-state index contributed by atoms with van der Waals surface area (Å²) in [6.45, 7) is 1.88. The number of hydrogen-bond donors (Lipinski definition) is 4. The molecule has 8 nitrogen and oxygen atoms in total. The van der Waals surface area contributed by atoms with E-state index in [1.54, 1.807) is 12.1 Å². The van der Waals surface area contributed by atoms with Gasteiger partial charge in [-0.05, 0) is 55.5 Å². The first-order valence-corrected chi connectivity index (χ1v) is 12.9. The van der Waals surface area contributed by atoms with Crippen LogP contribution in [-0.2, 0) is 26.3 Å². The smallest absolute Gasteiger partial charge is 0.250 e. The predicted octanol–water partition coefficient (Wildman–Crippen LogP) is 3.36. The van der Waals surface area contributed by atoms with Gasteiger partial charge in [0.1, 0.15) is 5.54 Å². The second kappa shape index (κ2) is 8.21. The van der Waals surface area contributed by atoms with Crippen molar-refractivity contribution in [1.82, 2.24) is 10.2 Å². The van der Waals surface area contributed by atoms with Crippen LogP contribution in [0.2, 0.25) is 5.02 Å². The van der Waals surface area contributed by atoms with Crippen LogP contribution in [0.1, 0.15) is 48.8 Å². The van der Waals surface area contributed by atoms with Gasteiger partial charge in [-0.2, -0.15) is 0 Å². The molecule has 4 unspecified atom stereocenters. The summed E-state index contributed by atoms with van der Waals surface area (Å²) in [6.07, 6.45) is 4.87. The molecule has 0 aromatic heterocycles. The van der Waals surface area contributed by atoms with Gasteiger partial charge in [-0.15, -0.1) is 0 Å². The minimum Gasteiger partial charge on any atom is -0.504 e. The minimum atomic E-state index is -1.42. The molecule has 9 heteroatoms. The fourth-order valence-corrected chi connectivity index (χ4v) is 7.16. The molecule has 188 valence electrons. The molecule has 1 saturated carbocycles. The average molecular weight is 510 g/mol. The number of aryl methyl sites for hydroxylation is 1. The van der Waals surface area contributed by atoms with Crippen LogP contribution in [0.4, 0.5) is 5.69 Å². The van der Waals surface area contributed by atoms with E-state index in [0.717, 1.165) is 37.7 Å². The summed E-state index contributed by atoms with van der Waals surface area (Å²) in [6, 6.07) is 7.44. The van der Waals surface area contributed by atoms with E-state index < -0.39 is 23.4 Å². The number of amides is 3. The normalized spacial score (nSPS) is 29.7. The number of fused-ring (bicyclic) bond motifs is 4. The van der Waals surface area contributed by atoms with Gasteiger partial charge in [0.15, 0.2) is 11.5 Å². The van der Waals surface area contributed by atoms with Crippen LogP contribution in [0.5, 0.6) is 11.5 Å². The van der Waals surface area contributed by atoms with Gasteiger partial charge in [0, 0.05) is 17.6 Å². The number of hydrogen-bond acceptors (Lipinski definition) is 6. The van der Waals surface area contributed by atoms with Crippen LogP contribution in [0.15, 0.2) is 30.3 Å². The van der Waals surface area contributed by atoms with Crippen LogP contribution in [-0.4, -0.2) is 44.9 Å². The number of carbonyl (C=O) groups excluding carboxylic acids is 3. The third-order valence-electron chi connectivity index (χ3n) is 8.39. The number of nitrogens with one attached hydrogen (secondary N) is 2. The lowest BCUT2D eigenvalue weighted by Gasteiger charge is -2.34. The Balaban J connectivity index is 1.48. The number of benzene rings is 2. The van der Waals surface area contributed by atoms with E-state index in [-0.39, 0.29) is 41.7 Å². The summed E-state index contributed by atoms with van der Waals surface area (Å²) in [5.74, 6) is -3.08. The Morgan fingerprint density at radius 1 is 1.03 bits per heavy atom. The number of phenolic OH excluding ortho intramolecular Hbond substituents is 2. The largest absolute Gasteiger partial charge is 0.504 e. The fourth-order valence-electron chi connectivity index (χ4n) is 6.84. The standard InChI is InChI=1S/C27H28ClN3O5/c1-13-9-16-23(17(28)10-13)29-26(36)27(16)22-21(18(30-27)11-14-7-8-19(32)20(33)12-14)24(34)31(25(22)35)15-5-3-2-4-6-15/h7-10,12,15,18,21-22,30,32-33H,2-6,11H2,1H3,(H,29,36). The number of imide groups is 1. The van der Waals surface area contributed by atoms with Crippen LogP contribution >= 0.6 is 11.6 Å². The molecule has 4 N–H and O–H groups in total. The number of phenols is 2. The van der Waals surface area contributed by atoms with Gasteiger partial charge in [0.25, 0.3) is 0 Å². The predicted molar refractivity (Wildman–Crippen MR) is 133 cm³/mol. The first-order valence-electron chi connectivity index (χ1n) is 12.5. The SMILES string of the molecule is Cc1cc(Cl)c2c(c1)C1(NC(Cc3ccc(O)c(O)c3)C3C(=O)N(C4CCCCC4)C(=O)C31)C(=O)N2. The lowest BCUT2D eigenvalue weighted by molar-refractivity contribution is -0.146. The molecule has 2 saturated heterocycles. The Kier molecular flexibility index (Phi) is 5.32. The maximum Gasteiger partial charge on any atom is 0.250 e. The molecule has 3 heterocycles. The summed E-state index contributed by atoms with van der Waals surface area (Å²) in [7, 11) is 0. The second-order valence-electron chi connectivity index (χ2n) is 10.6. The van der Waals surface area contributed by atoms with Crippen LogP contribution < -0.4 is 10.6 Å². The zero-order chi connectivity index (χ0) is 25.4. The summed E-state index contributed by atoms with van der Waals surface area (Å²) in [5.41, 5.74) is 1.17. The van der Waals surface area contributed by atoms with Crippen LogP contribution in [0.3, 0.4) is 0 Å². The highest BCUT2D eigenvalue weighted by atomic mass is 35.5. The molecule has 4 atom stereocenters. The van der Waals surface area contributed by atoms with E-state index in [1.807, 2.05) is 13.0 Å². The Hall–Kier alpha value is -3.10. The molecular formula is C27H28ClN3O5. The molecule has 3 amide bonds. The van der Waals surface area contributed by atoms with Crippen molar-refractivity contribution < 1.29 is 24.6 Å². The first kappa shape index (κ1) is 23.3. The molecule has 1 spiro atoms. The molecular weight excluding hydrogens is 482 g/mol. The van der Waals surface area contributed by atoms with Gasteiger partial charge < -0.3 is 15.5 Å². The molecule has 36 heavy (non-hydrogen) atoms. The average Bonchev–Trinajstić information content (AvgIpc) is 3.42. The summed E-state index contributed by atoms with van der Waals surface area (Å²) >= 11 is 6.50. The maximum atomic E-state index is 14.1. The third kappa shape index (κ3) is 3.20. The first-order chi connectivity index (χ1) is 17.2. The third-order valence-corrected chi connectivity index (χ3v) is 8.69. The lowest BCUT2D eigenvalue weighted by Crippen LogP contribution is -2.54. The van der Waals surface area contributed by atoms with Crippen molar-refractivity contribution in [2.45, 2.75) is 63.1 Å². The van der Waals surface area contributed by atoms with Crippen molar-refractivity contribution in [2.24, 2.45) is 11.8 Å². The van der Waals surface area contributed by atoms with Crippen molar-refractivity contribution in [1.29, 1.82) is 0 Å². The summed E-state index contributed by atoms with van der Waals surface area (Å²) in [4.78, 5) is 43.1. The van der Waals surface area contributed by atoms with E-state index in [1.165, 1.54) is 17.0 Å². The van der Waals surface area contributed by atoms with Crippen molar-refractivity contribution in [3.63, 3.8) is 0 Å². The van der Waals surface area contributed by atoms with Gasteiger partial charge in [0.2, 0.25) is 17.7 Å². The summed E-state index contributed by atoms with van der Waals surface area (Å²) in [5, 5.41) is 26.4. The minimum absolute atomic E-state index is 0.148. The second-order valence-corrected chi connectivity index (χ2v) is 11.0. The van der Waals surface area contributed by atoms with Crippen molar-refractivity contribution in [3.8, 4) is 11.5 Å². The molecule has 1 aliphatic carbocycles. The highest BCUT2D eigenvalue weighted by molar-refractivity contribution is 6.35. The molecule has 3 fully saturated rings. The zero-order valence-corrected chi connectivity index (χ0v) is 20.6. The number of halogens is 1. The van der Waals surface area contributed by atoms with Crippen molar-refractivity contribution in [2.75, 3.05) is 5.32 Å². The van der Waals surface area contributed by atoms with Gasteiger partial charge >= 0.3 is 0 Å². The highest BCUT2D eigenvalue weighted by Gasteiger charge is 2.71. The zero-order valence-electron chi connectivity index (χ0n) is 19.9. The van der Waals surface area contributed by atoms with Gasteiger partial charge in [-0.3, -0.25) is 24.6 Å². The number of nitrogens with zero attached hydrogens (tertiary/aromatic N) is 1. The molecule has 6 rings (SSSR count). The number of carbonyl (C=O) groups is 3. The number of aromatic hydroxyl groups is 2. The van der Waals surface area contributed by atoms with E-state index >= 15 is 0 Å². The molecule has 0 bridgehead atoms. The van der Waals surface area contributed by atoms with Crippen LogP contribution in [0.25, 0.3) is 0 Å². The van der Waals surface area contributed by atoms with Crippen molar-refractivity contribution in [3.05, 3.63) is 52.0 Å². The number of likely N-dealkylation sites (tertiary alicyclic amines) is 1. The number of anilines is 1. The van der Waals surface area contributed by atoms with Gasteiger partial charge in [0.05, 0.1) is 22.5 Å². The van der Waals surface area contributed by atoms with Crippen molar-refractivity contribution >= 4 is 35.0 Å². The lowest BCUT2D eigenvalue weighted by atomic mass is 9.76. The van der Waals surface area contributed by atoms with E-state index in [9.17, 15) is 24.6 Å². The summed E-state index contributed by atoms with van der Waals surface area (Å²) < 4.78 is 0. The topological polar surface area (TPSA) is 119 Å². The molecule has 2 aromatic rings. The monoisotopic (exact) mass is 509 g/mol. The van der Waals surface area contributed by atoms with E-state index in [2.05, 4.69) is 10.6 Å². The Bertz CT molecular complexity index is 1310. The molecule has 4 aliphatic rings. The highest BCUT2D eigenvalue weighted by Crippen LogP contribution is 2.55. The molecule has 3 aliphatic heterocycles. The number of rotatable bonds is 3. The molecule has 0 radical (unpaired) electrons. The quantitative estimate of drug-likeness (QED) is 0.372. The Morgan fingerprint density at radius 2 is 1.78 bits per heavy atom. The Morgan fingerprint density at radius 3 is 2.50 bits per heavy atom. The fraction of sp³-hybridized carbons (Fsp3) is 0.444. The molecule has 2 aromatic carbocycles. The Labute approximate surface area is 213 Å². The van der Waals surface area contributed by atoms with Crippen LogP contribution in [0, 0.1) is 18.8 Å². The van der Waals surface area contributed by atoms with Gasteiger partial charge in [-0.25, -0.2) is 0 Å². The van der Waals surface area contributed by atoms with E-state index in [4.69, 9.17) is 11.6 Å². The van der Waals surface area contributed by atoms with Gasteiger partial charge in [-0.1, -0.05) is 43.0 Å². The maximum absolute atomic E-state index is 14.1. The van der Waals surface area contributed by atoms with E-state index in [0.29, 0.717) is 21.8 Å².